The number of morpholine rings is 1. The molecule has 6 heteroatoms. The third-order valence-corrected chi connectivity index (χ3v) is 3.34. The predicted molar refractivity (Wildman–Crippen MR) is 79.2 cm³/mol. The van der Waals surface area contributed by atoms with Crippen LogP contribution in [-0.2, 0) is 11.2 Å². The van der Waals surface area contributed by atoms with Crippen LogP contribution in [0.3, 0.4) is 0 Å². The van der Waals surface area contributed by atoms with Crippen molar-refractivity contribution in [1.82, 2.24) is 9.97 Å². The summed E-state index contributed by atoms with van der Waals surface area (Å²) in [5.74, 6) is 2.52. The van der Waals surface area contributed by atoms with Crippen molar-refractivity contribution in [3.05, 3.63) is 11.9 Å². The number of anilines is 2. The molecule has 0 radical (unpaired) electrons. The Kier molecular flexibility index (Phi) is 4.45. The maximum Gasteiger partial charge on any atom is 0.134 e. The van der Waals surface area contributed by atoms with Gasteiger partial charge in [0.1, 0.15) is 17.5 Å². The van der Waals surface area contributed by atoms with Crippen molar-refractivity contribution in [2.75, 3.05) is 37.0 Å². The lowest BCUT2D eigenvalue weighted by Gasteiger charge is -2.42. The Labute approximate surface area is 120 Å². The van der Waals surface area contributed by atoms with Gasteiger partial charge in [0.2, 0.25) is 0 Å². The zero-order chi connectivity index (χ0) is 14.8. The van der Waals surface area contributed by atoms with Crippen LogP contribution < -0.4 is 10.2 Å². The minimum absolute atomic E-state index is 0.0184. The molecule has 1 unspecified atom stereocenters. The quantitative estimate of drug-likeness (QED) is 0.859. The number of aliphatic hydroxyl groups is 1. The number of aromatic nitrogens is 2. The van der Waals surface area contributed by atoms with Gasteiger partial charge in [0, 0.05) is 32.6 Å². The number of aliphatic hydroxyl groups excluding tert-OH is 1. The summed E-state index contributed by atoms with van der Waals surface area (Å²) in [6, 6.07) is 1.94. The van der Waals surface area contributed by atoms with E-state index in [1.807, 2.05) is 33.9 Å². The van der Waals surface area contributed by atoms with Crippen molar-refractivity contribution in [3.63, 3.8) is 0 Å². The normalized spacial score (nSPS) is 21.9. The fourth-order valence-electron chi connectivity index (χ4n) is 2.50. The van der Waals surface area contributed by atoms with Crippen molar-refractivity contribution in [2.24, 2.45) is 0 Å². The van der Waals surface area contributed by atoms with Crippen LogP contribution in [0.2, 0.25) is 0 Å². The number of hydrogen-bond donors (Lipinski definition) is 2. The molecule has 2 rings (SSSR count). The van der Waals surface area contributed by atoms with Crippen LogP contribution >= 0.6 is 0 Å². The van der Waals surface area contributed by atoms with Crippen LogP contribution in [0.15, 0.2) is 6.07 Å². The van der Waals surface area contributed by atoms with Gasteiger partial charge in [0.05, 0.1) is 18.3 Å². The van der Waals surface area contributed by atoms with E-state index >= 15 is 0 Å². The van der Waals surface area contributed by atoms with E-state index in [1.54, 1.807) is 0 Å². The average molecular weight is 280 g/mol. The number of rotatable bonds is 4. The second-order valence-electron chi connectivity index (χ2n) is 5.69. The summed E-state index contributed by atoms with van der Waals surface area (Å²) in [5, 5.41) is 12.5. The highest BCUT2D eigenvalue weighted by Crippen LogP contribution is 2.26. The zero-order valence-corrected chi connectivity index (χ0v) is 12.7. The summed E-state index contributed by atoms with van der Waals surface area (Å²) < 4.78 is 5.84. The molecule has 1 aliphatic heterocycles. The Morgan fingerprint density at radius 1 is 1.50 bits per heavy atom. The Morgan fingerprint density at radius 3 is 2.85 bits per heavy atom. The minimum Gasteiger partial charge on any atom is -0.394 e. The lowest BCUT2D eigenvalue weighted by molar-refractivity contribution is -0.101. The Morgan fingerprint density at radius 2 is 2.25 bits per heavy atom. The maximum atomic E-state index is 9.39. The molecule has 1 aromatic heterocycles. The third kappa shape index (κ3) is 3.37. The van der Waals surface area contributed by atoms with Gasteiger partial charge in [-0.15, -0.1) is 0 Å². The predicted octanol–water partition coefficient (Wildman–Crippen LogP) is 1.06. The number of aryl methyl sites for hydroxylation is 1. The van der Waals surface area contributed by atoms with Gasteiger partial charge in [0.25, 0.3) is 0 Å². The van der Waals surface area contributed by atoms with Crippen molar-refractivity contribution >= 4 is 11.6 Å². The van der Waals surface area contributed by atoms with Crippen LogP contribution in [0, 0.1) is 0 Å². The first-order chi connectivity index (χ1) is 9.47. The molecule has 0 saturated carbocycles. The smallest absolute Gasteiger partial charge is 0.134 e. The van der Waals surface area contributed by atoms with Crippen LogP contribution in [0.5, 0.6) is 0 Å². The molecular formula is C14H24N4O2. The molecule has 2 heterocycles. The van der Waals surface area contributed by atoms with Gasteiger partial charge < -0.3 is 20.1 Å². The van der Waals surface area contributed by atoms with Gasteiger partial charge in [-0.05, 0) is 13.8 Å². The standard InChI is InChI=1S/C14H24N4O2/c1-5-11-16-12(15-4)6-13(17-11)18-7-10(8-19)20-14(2,3)9-18/h6,10,19H,5,7-9H2,1-4H3,(H,15,16,17). The summed E-state index contributed by atoms with van der Waals surface area (Å²) in [4.78, 5) is 11.2. The first-order valence-electron chi connectivity index (χ1n) is 7.06. The van der Waals surface area contributed by atoms with E-state index in [4.69, 9.17) is 4.74 Å². The van der Waals surface area contributed by atoms with Crippen molar-refractivity contribution in [2.45, 2.75) is 38.9 Å². The highest BCUT2D eigenvalue weighted by molar-refractivity contribution is 5.50. The summed E-state index contributed by atoms with van der Waals surface area (Å²) in [5.41, 5.74) is -0.303. The summed E-state index contributed by atoms with van der Waals surface area (Å²) >= 11 is 0. The highest BCUT2D eigenvalue weighted by atomic mass is 16.5. The molecule has 0 aromatic carbocycles. The molecule has 1 fully saturated rings. The van der Waals surface area contributed by atoms with E-state index in [-0.39, 0.29) is 18.3 Å². The molecule has 1 aromatic rings. The molecule has 0 amide bonds. The van der Waals surface area contributed by atoms with E-state index in [9.17, 15) is 5.11 Å². The second kappa shape index (κ2) is 5.93. The molecule has 1 aliphatic rings. The molecule has 6 nitrogen and oxygen atoms in total. The van der Waals surface area contributed by atoms with E-state index in [0.29, 0.717) is 6.54 Å². The van der Waals surface area contributed by atoms with Gasteiger partial charge in [-0.2, -0.15) is 0 Å². The molecule has 1 saturated heterocycles. The fraction of sp³-hybridized carbons (Fsp3) is 0.714. The van der Waals surface area contributed by atoms with Crippen LogP contribution in [0.25, 0.3) is 0 Å². The molecule has 0 bridgehead atoms. The lowest BCUT2D eigenvalue weighted by Crippen LogP contribution is -2.54. The van der Waals surface area contributed by atoms with Gasteiger partial charge >= 0.3 is 0 Å². The Bertz CT molecular complexity index is 442. The largest absolute Gasteiger partial charge is 0.394 e. The Balaban J connectivity index is 2.29. The van der Waals surface area contributed by atoms with E-state index < -0.39 is 0 Å². The van der Waals surface area contributed by atoms with E-state index in [2.05, 4.69) is 20.2 Å². The number of nitrogens with one attached hydrogen (secondary N) is 1. The van der Waals surface area contributed by atoms with Gasteiger partial charge in [-0.1, -0.05) is 6.92 Å². The van der Waals surface area contributed by atoms with Crippen LogP contribution in [0.4, 0.5) is 11.6 Å². The molecule has 0 spiro atoms. The number of ether oxygens (including phenoxy) is 1. The molecule has 2 N–H and O–H groups in total. The maximum absolute atomic E-state index is 9.39. The first-order valence-corrected chi connectivity index (χ1v) is 7.06. The first kappa shape index (κ1) is 15.0. The van der Waals surface area contributed by atoms with Crippen LogP contribution in [-0.4, -0.2) is 53.5 Å². The highest BCUT2D eigenvalue weighted by Gasteiger charge is 2.33. The molecule has 0 aliphatic carbocycles. The number of nitrogens with zero attached hydrogens (tertiary/aromatic N) is 3. The number of hydrogen-bond acceptors (Lipinski definition) is 6. The van der Waals surface area contributed by atoms with E-state index in [1.165, 1.54) is 0 Å². The minimum atomic E-state index is -0.303. The fourth-order valence-corrected chi connectivity index (χ4v) is 2.50. The van der Waals surface area contributed by atoms with Gasteiger partial charge in [-0.25, -0.2) is 9.97 Å². The third-order valence-electron chi connectivity index (χ3n) is 3.34. The van der Waals surface area contributed by atoms with Gasteiger partial charge in [-0.3, -0.25) is 0 Å². The summed E-state index contributed by atoms with van der Waals surface area (Å²) in [6.07, 6.45) is 0.608. The molecular weight excluding hydrogens is 256 g/mol. The second-order valence-corrected chi connectivity index (χ2v) is 5.69. The van der Waals surface area contributed by atoms with Crippen molar-refractivity contribution in [1.29, 1.82) is 0 Å². The van der Waals surface area contributed by atoms with Gasteiger partial charge in [0.15, 0.2) is 0 Å². The summed E-state index contributed by atoms with van der Waals surface area (Å²) in [7, 11) is 1.85. The van der Waals surface area contributed by atoms with Crippen LogP contribution in [0.1, 0.15) is 26.6 Å². The molecule has 112 valence electrons. The van der Waals surface area contributed by atoms with Crippen molar-refractivity contribution < 1.29 is 9.84 Å². The molecule has 1 atom stereocenters. The SMILES string of the molecule is CCc1nc(NC)cc(N2CC(CO)OC(C)(C)C2)n1. The van der Waals surface area contributed by atoms with Crippen molar-refractivity contribution in [3.8, 4) is 0 Å². The monoisotopic (exact) mass is 280 g/mol. The lowest BCUT2D eigenvalue weighted by atomic mass is 10.1. The Hall–Kier alpha value is -1.40. The molecule has 20 heavy (non-hydrogen) atoms. The van der Waals surface area contributed by atoms with E-state index in [0.717, 1.165) is 30.4 Å². The zero-order valence-electron chi connectivity index (χ0n) is 12.7. The topological polar surface area (TPSA) is 70.5 Å². The average Bonchev–Trinajstić information content (AvgIpc) is 2.44. The summed E-state index contributed by atoms with van der Waals surface area (Å²) in [6.45, 7) is 7.50.